The first-order valence-corrected chi connectivity index (χ1v) is 10.1. The van der Waals surface area contributed by atoms with E-state index in [2.05, 4.69) is 0 Å². The fourth-order valence-electron chi connectivity index (χ4n) is 2.87. The van der Waals surface area contributed by atoms with E-state index in [1.165, 1.54) is 12.1 Å². The molecule has 0 aromatic heterocycles. The normalized spacial score (nSPS) is 13.9. The van der Waals surface area contributed by atoms with Crippen molar-refractivity contribution in [1.29, 1.82) is 0 Å². The molecule has 0 saturated carbocycles. The third kappa shape index (κ3) is 4.83. The second kappa shape index (κ2) is 8.05. The van der Waals surface area contributed by atoms with Crippen LogP contribution in [0.1, 0.15) is 16.7 Å². The minimum Gasteiger partial charge on any atom is -0.382 e. The predicted molar refractivity (Wildman–Crippen MR) is 105 cm³/mol. The predicted octanol–water partition coefficient (Wildman–Crippen LogP) is 3.83. The van der Waals surface area contributed by atoms with Crippen molar-refractivity contribution in [3.05, 3.63) is 102 Å². The van der Waals surface area contributed by atoms with Gasteiger partial charge in [-0.2, -0.15) is 8.42 Å². The van der Waals surface area contributed by atoms with E-state index in [-0.39, 0.29) is 17.9 Å². The van der Waals surface area contributed by atoms with Crippen molar-refractivity contribution < 1.29 is 17.7 Å². The average Bonchev–Trinajstić information content (AvgIpc) is 2.68. The van der Waals surface area contributed by atoms with Crippen LogP contribution in [0.2, 0.25) is 0 Å². The smallest absolute Gasteiger partial charge is 0.297 e. The van der Waals surface area contributed by atoms with Gasteiger partial charge in [-0.1, -0.05) is 78.4 Å². The summed E-state index contributed by atoms with van der Waals surface area (Å²) in [5.74, 6) is 0. The van der Waals surface area contributed by atoms with Crippen molar-refractivity contribution in [3.8, 4) is 0 Å². The van der Waals surface area contributed by atoms with Crippen molar-refractivity contribution in [2.24, 2.45) is 0 Å². The first kappa shape index (κ1) is 19.3. The van der Waals surface area contributed by atoms with Gasteiger partial charge in [0, 0.05) is 6.42 Å². The monoisotopic (exact) mass is 382 g/mol. The van der Waals surface area contributed by atoms with Gasteiger partial charge in [-0.3, -0.25) is 4.18 Å². The van der Waals surface area contributed by atoms with Crippen molar-refractivity contribution in [3.63, 3.8) is 0 Å². The van der Waals surface area contributed by atoms with Crippen LogP contribution in [-0.4, -0.2) is 20.1 Å². The highest BCUT2D eigenvalue weighted by atomic mass is 32.2. The van der Waals surface area contributed by atoms with Crippen LogP contribution in [0.3, 0.4) is 0 Å². The summed E-state index contributed by atoms with van der Waals surface area (Å²) in [6, 6.07) is 24.9. The van der Waals surface area contributed by atoms with Gasteiger partial charge in [-0.25, -0.2) is 0 Å². The minimum absolute atomic E-state index is 0.0724. The topological polar surface area (TPSA) is 63.6 Å². The quantitative estimate of drug-likeness (QED) is 0.631. The number of hydrogen-bond acceptors (Lipinski definition) is 4. The zero-order valence-corrected chi connectivity index (χ0v) is 15.9. The van der Waals surface area contributed by atoms with E-state index in [0.717, 1.165) is 11.1 Å². The molecule has 1 atom stereocenters. The molecular formula is C22H22O4S. The fourth-order valence-corrected chi connectivity index (χ4v) is 3.82. The molecule has 0 saturated heterocycles. The van der Waals surface area contributed by atoms with Crippen LogP contribution in [-0.2, 0) is 26.3 Å². The Bertz CT molecular complexity index is 968. The lowest BCUT2D eigenvalue weighted by Crippen LogP contribution is -2.35. The molecule has 0 radical (unpaired) electrons. The van der Waals surface area contributed by atoms with Crippen molar-refractivity contribution >= 4 is 10.1 Å². The lowest BCUT2D eigenvalue weighted by atomic mass is 9.88. The van der Waals surface area contributed by atoms with Crippen LogP contribution >= 0.6 is 0 Å². The molecule has 0 aliphatic heterocycles. The summed E-state index contributed by atoms with van der Waals surface area (Å²) < 4.78 is 30.4. The van der Waals surface area contributed by atoms with Gasteiger partial charge in [0.15, 0.2) is 0 Å². The summed E-state index contributed by atoms with van der Waals surface area (Å²) in [4.78, 5) is 0.0724. The molecule has 0 fully saturated rings. The number of aryl methyl sites for hydroxylation is 1. The number of hydrogen-bond donors (Lipinski definition) is 1. The summed E-state index contributed by atoms with van der Waals surface area (Å²) in [5, 5.41) is 11.3. The molecule has 0 aliphatic rings. The third-order valence-corrected chi connectivity index (χ3v) is 5.69. The van der Waals surface area contributed by atoms with Crippen LogP contribution in [0.25, 0.3) is 0 Å². The maximum atomic E-state index is 12.5. The van der Waals surface area contributed by atoms with Gasteiger partial charge in [0.05, 0.1) is 11.5 Å². The Balaban J connectivity index is 1.86. The number of aliphatic hydroxyl groups is 1. The first-order chi connectivity index (χ1) is 12.9. The Labute approximate surface area is 160 Å². The Morgan fingerprint density at radius 1 is 0.852 bits per heavy atom. The summed E-state index contributed by atoms with van der Waals surface area (Å²) in [7, 11) is -3.97. The first-order valence-electron chi connectivity index (χ1n) is 8.67. The molecule has 3 rings (SSSR count). The highest BCUT2D eigenvalue weighted by molar-refractivity contribution is 7.86. The molecule has 5 heteroatoms. The fraction of sp³-hybridized carbons (Fsp3) is 0.182. The van der Waals surface area contributed by atoms with E-state index in [4.69, 9.17) is 4.18 Å². The van der Waals surface area contributed by atoms with Gasteiger partial charge in [-0.15, -0.1) is 0 Å². The summed E-state index contributed by atoms with van der Waals surface area (Å²) >= 11 is 0. The molecule has 1 N–H and O–H groups in total. The second-order valence-electron chi connectivity index (χ2n) is 6.59. The van der Waals surface area contributed by atoms with Crippen LogP contribution in [0.5, 0.6) is 0 Å². The average molecular weight is 382 g/mol. The number of benzene rings is 3. The van der Waals surface area contributed by atoms with Gasteiger partial charge in [-0.05, 0) is 30.2 Å². The minimum atomic E-state index is -3.97. The molecule has 27 heavy (non-hydrogen) atoms. The molecule has 0 heterocycles. The maximum Gasteiger partial charge on any atom is 0.297 e. The largest absolute Gasteiger partial charge is 0.382 e. The van der Waals surface area contributed by atoms with Crippen LogP contribution < -0.4 is 0 Å². The Morgan fingerprint density at radius 2 is 1.41 bits per heavy atom. The maximum absolute atomic E-state index is 12.5. The molecule has 0 unspecified atom stereocenters. The summed E-state index contributed by atoms with van der Waals surface area (Å²) in [6.07, 6.45) is 0.237. The molecule has 0 aliphatic carbocycles. The molecule has 0 spiro atoms. The molecular weight excluding hydrogens is 360 g/mol. The van der Waals surface area contributed by atoms with Crippen molar-refractivity contribution in [2.75, 3.05) is 6.61 Å². The van der Waals surface area contributed by atoms with E-state index >= 15 is 0 Å². The van der Waals surface area contributed by atoms with Crippen LogP contribution in [0.4, 0.5) is 0 Å². The molecule has 3 aromatic rings. The van der Waals surface area contributed by atoms with E-state index in [0.29, 0.717) is 5.56 Å². The second-order valence-corrected chi connectivity index (χ2v) is 8.20. The SMILES string of the molecule is Cc1ccc(S(=O)(=O)OC[C@@](O)(Cc2ccccc2)c2ccccc2)cc1. The van der Waals surface area contributed by atoms with E-state index in [9.17, 15) is 13.5 Å². The lowest BCUT2D eigenvalue weighted by Gasteiger charge is -2.28. The standard InChI is InChI=1S/C22H22O4S/c1-18-12-14-21(15-13-18)27(24,25)26-17-22(23,20-10-6-3-7-11-20)16-19-8-4-2-5-9-19/h2-15,23H,16-17H2,1H3/t22-/m0/s1. The van der Waals surface area contributed by atoms with Gasteiger partial charge < -0.3 is 5.11 Å². The summed E-state index contributed by atoms with van der Waals surface area (Å²) in [5.41, 5.74) is 0.979. The molecule has 4 nitrogen and oxygen atoms in total. The van der Waals surface area contributed by atoms with E-state index in [1.54, 1.807) is 36.4 Å². The van der Waals surface area contributed by atoms with Crippen LogP contribution in [0.15, 0.2) is 89.8 Å². The Morgan fingerprint density at radius 3 is 2.00 bits per heavy atom. The highest BCUT2D eigenvalue weighted by Crippen LogP contribution is 2.28. The van der Waals surface area contributed by atoms with Crippen molar-refractivity contribution in [2.45, 2.75) is 23.8 Å². The molecule has 3 aromatic carbocycles. The van der Waals surface area contributed by atoms with Gasteiger partial charge in [0.25, 0.3) is 10.1 Å². The zero-order chi connectivity index (χ0) is 19.3. The molecule has 0 bridgehead atoms. The number of rotatable bonds is 7. The lowest BCUT2D eigenvalue weighted by molar-refractivity contribution is -0.00739. The Kier molecular flexibility index (Phi) is 5.75. The van der Waals surface area contributed by atoms with Crippen LogP contribution in [0, 0.1) is 6.92 Å². The van der Waals surface area contributed by atoms with Gasteiger partial charge in [0.1, 0.15) is 5.60 Å². The van der Waals surface area contributed by atoms with E-state index < -0.39 is 15.7 Å². The molecule has 0 amide bonds. The summed E-state index contributed by atoms with van der Waals surface area (Å²) in [6.45, 7) is 1.51. The van der Waals surface area contributed by atoms with Gasteiger partial charge >= 0.3 is 0 Å². The van der Waals surface area contributed by atoms with Crippen molar-refractivity contribution in [1.82, 2.24) is 0 Å². The van der Waals surface area contributed by atoms with E-state index in [1.807, 2.05) is 43.3 Å². The molecule has 140 valence electrons. The third-order valence-electron chi connectivity index (χ3n) is 4.41. The van der Waals surface area contributed by atoms with Gasteiger partial charge in [0.2, 0.25) is 0 Å². The zero-order valence-electron chi connectivity index (χ0n) is 15.1. The Hall–Kier alpha value is -2.47. The highest BCUT2D eigenvalue weighted by Gasteiger charge is 2.32.